The first-order valence-electron chi connectivity index (χ1n) is 7.21. The Morgan fingerprint density at radius 2 is 1.91 bits per heavy atom. The molecular formula is C15H22N2O4S. The maximum Gasteiger partial charge on any atom is 0.243 e. The predicted octanol–water partition coefficient (Wildman–Crippen LogP) is 1.18. The van der Waals surface area contributed by atoms with Gasteiger partial charge in [0.1, 0.15) is 5.75 Å². The molecule has 1 aromatic rings. The smallest absolute Gasteiger partial charge is 0.243 e. The van der Waals surface area contributed by atoms with Gasteiger partial charge in [-0.05, 0) is 37.1 Å². The minimum absolute atomic E-state index is 0.0189. The molecule has 7 heteroatoms. The highest BCUT2D eigenvalue weighted by Crippen LogP contribution is 2.25. The highest BCUT2D eigenvalue weighted by Gasteiger charge is 2.33. The van der Waals surface area contributed by atoms with Gasteiger partial charge in [0, 0.05) is 27.2 Å². The fraction of sp³-hybridized carbons (Fsp3) is 0.533. The van der Waals surface area contributed by atoms with Crippen molar-refractivity contribution in [2.24, 2.45) is 5.92 Å². The van der Waals surface area contributed by atoms with Gasteiger partial charge in [0.15, 0.2) is 0 Å². The molecule has 0 bridgehead atoms. The first-order chi connectivity index (χ1) is 10.4. The molecule has 2 rings (SSSR count). The monoisotopic (exact) mass is 326 g/mol. The molecule has 1 atom stereocenters. The fourth-order valence-electron chi connectivity index (χ4n) is 2.62. The summed E-state index contributed by atoms with van der Waals surface area (Å²) in [5, 5.41) is 0. The van der Waals surface area contributed by atoms with Gasteiger partial charge >= 0.3 is 0 Å². The Morgan fingerprint density at radius 3 is 2.45 bits per heavy atom. The molecule has 22 heavy (non-hydrogen) atoms. The molecule has 0 unspecified atom stereocenters. The molecule has 122 valence electrons. The third-order valence-corrected chi connectivity index (χ3v) is 5.75. The Labute approximate surface area is 131 Å². The van der Waals surface area contributed by atoms with Crippen LogP contribution < -0.4 is 4.74 Å². The zero-order valence-corrected chi connectivity index (χ0v) is 14.0. The van der Waals surface area contributed by atoms with Crippen LogP contribution in [0.5, 0.6) is 5.75 Å². The third-order valence-electron chi connectivity index (χ3n) is 3.87. The van der Waals surface area contributed by atoms with Crippen molar-refractivity contribution in [3.63, 3.8) is 0 Å². The van der Waals surface area contributed by atoms with Gasteiger partial charge in [0.2, 0.25) is 15.9 Å². The van der Waals surface area contributed by atoms with Gasteiger partial charge in [0.25, 0.3) is 0 Å². The standard InChI is InChI=1S/C15H22N2O4S/c1-16(2)15(18)12-5-4-10-17(11-12)22(19,20)14-8-6-13(21-3)7-9-14/h6-9,12H,4-5,10-11H2,1-3H3/t12-/m0/s1. The van der Waals surface area contributed by atoms with E-state index >= 15 is 0 Å². The Morgan fingerprint density at radius 1 is 1.27 bits per heavy atom. The van der Waals surface area contributed by atoms with Crippen molar-refractivity contribution in [3.8, 4) is 5.75 Å². The normalized spacial score (nSPS) is 19.7. The highest BCUT2D eigenvalue weighted by molar-refractivity contribution is 7.89. The summed E-state index contributed by atoms with van der Waals surface area (Å²) >= 11 is 0. The Kier molecular flexibility index (Phi) is 5.08. The summed E-state index contributed by atoms with van der Waals surface area (Å²) in [6.07, 6.45) is 1.42. The summed E-state index contributed by atoms with van der Waals surface area (Å²) in [7, 11) is 1.35. The summed E-state index contributed by atoms with van der Waals surface area (Å²) < 4.78 is 31.8. The molecule has 6 nitrogen and oxygen atoms in total. The molecule has 0 N–H and O–H groups in total. The minimum Gasteiger partial charge on any atom is -0.497 e. The SMILES string of the molecule is COc1ccc(S(=O)(=O)N2CCC[C@H](C(=O)N(C)C)C2)cc1. The van der Waals surface area contributed by atoms with Gasteiger partial charge in [0.05, 0.1) is 17.9 Å². The molecule has 0 aromatic heterocycles. The number of hydrogen-bond donors (Lipinski definition) is 0. The van der Waals surface area contributed by atoms with Crippen LogP contribution >= 0.6 is 0 Å². The summed E-state index contributed by atoms with van der Waals surface area (Å²) in [4.78, 5) is 13.8. The van der Waals surface area contributed by atoms with E-state index in [0.717, 1.165) is 6.42 Å². The van der Waals surface area contributed by atoms with Crippen LogP contribution in [0.15, 0.2) is 29.2 Å². The van der Waals surface area contributed by atoms with Crippen LogP contribution in [0.4, 0.5) is 0 Å². The maximum absolute atomic E-state index is 12.7. The van der Waals surface area contributed by atoms with Gasteiger partial charge in [-0.2, -0.15) is 4.31 Å². The number of ether oxygens (including phenoxy) is 1. The number of piperidine rings is 1. The average molecular weight is 326 g/mol. The number of amides is 1. The van der Waals surface area contributed by atoms with Crippen LogP contribution in [0, 0.1) is 5.92 Å². The lowest BCUT2D eigenvalue weighted by Gasteiger charge is -2.32. The number of rotatable bonds is 4. The summed E-state index contributed by atoms with van der Waals surface area (Å²) in [5.74, 6) is 0.324. The van der Waals surface area contributed by atoms with E-state index < -0.39 is 10.0 Å². The summed E-state index contributed by atoms with van der Waals surface area (Å²) in [6, 6.07) is 6.32. The van der Waals surface area contributed by atoms with E-state index in [0.29, 0.717) is 18.7 Å². The van der Waals surface area contributed by atoms with Crippen LogP contribution in [-0.2, 0) is 14.8 Å². The van der Waals surface area contributed by atoms with Crippen molar-refractivity contribution in [3.05, 3.63) is 24.3 Å². The number of nitrogens with zero attached hydrogens (tertiary/aromatic N) is 2. The summed E-state index contributed by atoms with van der Waals surface area (Å²) in [5.41, 5.74) is 0. The molecule has 1 amide bonds. The van der Waals surface area contributed by atoms with Gasteiger partial charge in [-0.3, -0.25) is 4.79 Å². The lowest BCUT2D eigenvalue weighted by Crippen LogP contribution is -2.45. The third kappa shape index (κ3) is 3.41. The highest BCUT2D eigenvalue weighted by atomic mass is 32.2. The maximum atomic E-state index is 12.7. The largest absolute Gasteiger partial charge is 0.497 e. The lowest BCUT2D eigenvalue weighted by molar-refractivity contribution is -0.134. The van der Waals surface area contributed by atoms with Crippen LogP contribution in [0.1, 0.15) is 12.8 Å². The van der Waals surface area contributed by atoms with Gasteiger partial charge in [-0.15, -0.1) is 0 Å². The van der Waals surface area contributed by atoms with E-state index in [1.54, 1.807) is 26.2 Å². The van der Waals surface area contributed by atoms with Crippen LogP contribution in [0.2, 0.25) is 0 Å². The van der Waals surface area contributed by atoms with Crippen LogP contribution in [0.25, 0.3) is 0 Å². The van der Waals surface area contributed by atoms with Crippen molar-refractivity contribution in [2.45, 2.75) is 17.7 Å². The minimum atomic E-state index is -3.57. The molecule has 1 aliphatic rings. The van der Waals surface area contributed by atoms with Crippen molar-refractivity contribution in [1.82, 2.24) is 9.21 Å². The van der Waals surface area contributed by atoms with E-state index in [1.807, 2.05) is 0 Å². The van der Waals surface area contributed by atoms with Gasteiger partial charge < -0.3 is 9.64 Å². The fourth-order valence-corrected chi connectivity index (χ4v) is 4.15. The quantitative estimate of drug-likeness (QED) is 0.833. The average Bonchev–Trinajstić information content (AvgIpc) is 2.54. The van der Waals surface area contributed by atoms with Crippen molar-refractivity contribution < 1.29 is 17.9 Å². The zero-order valence-electron chi connectivity index (χ0n) is 13.2. The number of methoxy groups -OCH3 is 1. The molecule has 1 aliphatic heterocycles. The topological polar surface area (TPSA) is 66.9 Å². The first kappa shape index (κ1) is 16.8. The predicted molar refractivity (Wildman–Crippen MR) is 83.2 cm³/mol. The van der Waals surface area contributed by atoms with Gasteiger partial charge in [-0.25, -0.2) is 8.42 Å². The molecule has 0 saturated carbocycles. The second-order valence-electron chi connectivity index (χ2n) is 5.61. The van der Waals surface area contributed by atoms with Crippen LogP contribution in [0.3, 0.4) is 0 Å². The van der Waals surface area contributed by atoms with Gasteiger partial charge in [-0.1, -0.05) is 0 Å². The molecule has 0 radical (unpaired) electrons. The number of hydrogen-bond acceptors (Lipinski definition) is 4. The first-order valence-corrected chi connectivity index (χ1v) is 8.65. The van der Waals surface area contributed by atoms with E-state index in [9.17, 15) is 13.2 Å². The van der Waals surface area contributed by atoms with E-state index in [2.05, 4.69) is 0 Å². The number of benzene rings is 1. The van der Waals surface area contributed by atoms with Crippen molar-refractivity contribution in [1.29, 1.82) is 0 Å². The van der Waals surface area contributed by atoms with Crippen molar-refractivity contribution >= 4 is 15.9 Å². The lowest BCUT2D eigenvalue weighted by atomic mass is 9.98. The molecule has 1 aromatic carbocycles. The van der Waals surface area contributed by atoms with Crippen LogP contribution in [-0.4, -0.2) is 57.8 Å². The molecule has 1 saturated heterocycles. The second-order valence-corrected chi connectivity index (χ2v) is 7.55. The number of carbonyl (C=O) groups excluding carboxylic acids is 1. The zero-order chi connectivity index (χ0) is 16.3. The summed E-state index contributed by atoms with van der Waals surface area (Å²) in [6.45, 7) is 0.691. The van der Waals surface area contributed by atoms with Crippen molar-refractivity contribution in [2.75, 3.05) is 34.3 Å². The number of sulfonamides is 1. The second kappa shape index (κ2) is 6.66. The molecular weight excluding hydrogens is 304 g/mol. The Balaban J connectivity index is 2.19. The molecule has 0 spiro atoms. The van der Waals surface area contributed by atoms with E-state index in [1.165, 1.54) is 28.4 Å². The Hall–Kier alpha value is -1.60. The number of carbonyl (C=O) groups is 1. The van der Waals surface area contributed by atoms with E-state index in [-0.39, 0.29) is 23.3 Å². The molecule has 1 fully saturated rings. The molecule has 0 aliphatic carbocycles. The Bertz CT molecular complexity index is 625. The van der Waals surface area contributed by atoms with E-state index in [4.69, 9.17) is 4.74 Å². The molecule has 1 heterocycles.